The quantitative estimate of drug-likeness (QED) is 0.447. The molecule has 1 atom stereocenters. The van der Waals surface area contributed by atoms with Gasteiger partial charge in [0.25, 0.3) is 0 Å². The first-order valence-corrected chi connectivity index (χ1v) is 9.52. The first-order valence-electron chi connectivity index (χ1n) is 9.52. The average Bonchev–Trinajstić information content (AvgIpc) is 3.25. The molecule has 3 rings (SSSR count). The van der Waals surface area contributed by atoms with E-state index in [1.54, 1.807) is 37.3 Å². The number of aromatic nitrogens is 1. The van der Waals surface area contributed by atoms with Crippen LogP contribution in [0, 0.1) is 0 Å². The highest BCUT2D eigenvalue weighted by Gasteiger charge is 2.32. The number of alkyl halides is 3. The molecular weight excluding hydrogens is 427 g/mol. The van der Waals surface area contributed by atoms with Gasteiger partial charge in [-0.3, -0.25) is 4.79 Å². The third-order valence-electron chi connectivity index (χ3n) is 4.61. The number of carboxylic acid groups (broad SMARTS) is 1. The van der Waals surface area contributed by atoms with E-state index in [-0.39, 0.29) is 24.3 Å². The zero-order valence-electron chi connectivity index (χ0n) is 17.1. The second-order valence-electron chi connectivity index (χ2n) is 7.09. The summed E-state index contributed by atoms with van der Waals surface area (Å²) >= 11 is 0. The summed E-state index contributed by atoms with van der Waals surface area (Å²) in [6, 6.07) is 12.7. The van der Waals surface area contributed by atoms with Gasteiger partial charge in [0, 0.05) is 17.5 Å². The molecule has 3 aromatic rings. The molecular formula is C23H20F3NO5. The molecule has 0 aliphatic carbocycles. The van der Waals surface area contributed by atoms with Crippen LogP contribution in [0.25, 0.3) is 5.57 Å². The molecule has 1 heterocycles. The maximum absolute atomic E-state index is 12.6. The first kappa shape index (κ1) is 22.9. The Bertz CT molecular complexity index is 1080. The standard InChI is InChI=1S/C23H20F3NO5/c1-14(2)18-11-15(3-8-21(18)32-23(24,25)26)13-30-17-6-4-16(5-7-17)19(12-22(28)29)20-9-10-31-27-20/h3-11,19H,1,12-13H2,2H3,(H,28,29). The van der Waals surface area contributed by atoms with Crippen molar-refractivity contribution < 1.29 is 37.1 Å². The van der Waals surface area contributed by atoms with Gasteiger partial charge in [0.2, 0.25) is 0 Å². The maximum Gasteiger partial charge on any atom is 0.573 e. The van der Waals surface area contributed by atoms with E-state index in [4.69, 9.17) is 9.26 Å². The molecule has 6 nitrogen and oxygen atoms in total. The molecule has 32 heavy (non-hydrogen) atoms. The van der Waals surface area contributed by atoms with Gasteiger partial charge in [-0.05, 0) is 47.9 Å². The number of carbonyl (C=O) groups is 1. The van der Waals surface area contributed by atoms with Crippen LogP contribution >= 0.6 is 0 Å². The minimum absolute atomic E-state index is 0.105. The minimum atomic E-state index is -4.80. The molecule has 0 bridgehead atoms. The van der Waals surface area contributed by atoms with E-state index in [1.807, 2.05) is 0 Å². The van der Waals surface area contributed by atoms with Gasteiger partial charge in [-0.25, -0.2) is 0 Å². The normalized spacial score (nSPS) is 12.2. The fourth-order valence-electron chi connectivity index (χ4n) is 3.15. The summed E-state index contributed by atoms with van der Waals surface area (Å²) in [5, 5.41) is 13.0. The molecule has 1 aromatic heterocycles. The van der Waals surface area contributed by atoms with Crippen molar-refractivity contribution in [2.75, 3.05) is 0 Å². The van der Waals surface area contributed by atoms with Crippen LogP contribution < -0.4 is 9.47 Å². The Morgan fingerprint density at radius 3 is 2.47 bits per heavy atom. The molecule has 0 fully saturated rings. The Morgan fingerprint density at radius 2 is 1.91 bits per heavy atom. The van der Waals surface area contributed by atoms with Gasteiger partial charge in [-0.2, -0.15) is 0 Å². The molecule has 1 N–H and O–H groups in total. The highest BCUT2D eigenvalue weighted by molar-refractivity contribution is 5.69. The van der Waals surface area contributed by atoms with Crippen LogP contribution in [0.5, 0.6) is 11.5 Å². The predicted octanol–water partition coefficient (Wildman–Crippen LogP) is 5.79. The van der Waals surface area contributed by atoms with Crippen LogP contribution in [0.3, 0.4) is 0 Å². The SMILES string of the molecule is C=C(C)c1cc(COc2ccc(C(CC(=O)O)c3ccon3)cc2)ccc1OC(F)(F)F. The zero-order chi connectivity index (χ0) is 23.3. The molecule has 168 valence electrons. The lowest BCUT2D eigenvalue weighted by atomic mass is 9.92. The van der Waals surface area contributed by atoms with Gasteiger partial charge in [0.15, 0.2) is 0 Å². The van der Waals surface area contributed by atoms with E-state index in [0.717, 1.165) is 5.56 Å². The van der Waals surface area contributed by atoms with Gasteiger partial charge < -0.3 is 19.1 Å². The van der Waals surface area contributed by atoms with E-state index < -0.39 is 18.2 Å². The number of halogens is 3. The number of allylic oxidation sites excluding steroid dienone is 1. The predicted molar refractivity (Wildman–Crippen MR) is 109 cm³/mol. The lowest BCUT2D eigenvalue weighted by Gasteiger charge is -2.15. The molecule has 2 aromatic carbocycles. The Labute approximate surface area is 181 Å². The lowest BCUT2D eigenvalue weighted by Crippen LogP contribution is -2.18. The van der Waals surface area contributed by atoms with Crippen molar-refractivity contribution >= 4 is 11.5 Å². The summed E-state index contributed by atoms with van der Waals surface area (Å²) in [5.41, 5.74) is 2.53. The molecule has 1 unspecified atom stereocenters. The number of hydrogen-bond donors (Lipinski definition) is 1. The largest absolute Gasteiger partial charge is 0.573 e. The summed E-state index contributed by atoms with van der Waals surface area (Å²) in [7, 11) is 0. The van der Waals surface area contributed by atoms with Crippen molar-refractivity contribution in [2.24, 2.45) is 0 Å². The Morgan fingerprint density at radius 1 is 1.19 bits per heavy atom. The van der Waals surface area contributed by atoms with Crippen molar-refractivity contribution in [3.8, 4) is 11.5 Å². The molecule has 0 aliphatic rings. The highest BCUT2D eigenvalue weighted by atomic mass is 19.4. The Hall–Kier alpha value is -3.75. The maximum atomic E-state index is 12.6. The molecule has 0 radical (unpaired) electrons. The fraction of sp³-hybridized carbons (Fsp3) is 0.217. The number of benzene rings is 2. The Kier molecular flexibility index (Phi) is 6.87. The summed E-state index contributed by atoms with van der Waals surface area (Å²) in [4.78, 5) is 11.2. The summed E-state index contributed by atoms with van der Waals surface area (Å²) < 4.78 is 52.4. The van der Waals surface area contributed by atoms with Crippen molar-refractivity contribution in [1.29, 1.82) is 0 Å². The number of rotatable bonds is 9. The van der Waals surface area contributed by atoms with Crippen molar-refractivity contribution in [1.82, 2.24) is 5.16 Å². The van der Waals surface area contributed by atoms with E-state index in [2.05, 4.69) is 16.5 Å². The zero-order valence-corrected chi connectivity index (χ0v) is 17.1. The summed E-state index contributed by atoms with van der Waals surface area (Å²) in [6.07, 6.45) is -3.57. The second kappa shape index (κ2) is 9.59. The molecule has 0 saturated carbocycles. The number of aliphatic carboxylic acids is 1. The van der Waals surface area contributed by atoms with Crippen molar-refractivity contribution in [3.05, 3.63) is 83.8 Å². The van der Waals surface area contributed by atoms with Crippen LogP contribution in [0.4, 0.5) is 13.2 Å². The number of nitrogens with zero attached hydrogens (tertiary/aromatic N) is 1. The fourth-order valence-corrected chi connectivity index (χ4v) is 3.15. The number of ether oxygens (including phenoxy) is 2. The molecule has 0 aliphatic heterocycles. The first-order chi connectivity index (χ1) is 15.1. The number of carboxylic acids is 1. The van der Waals surface area contributed by atoms with Gasteiger partial charge >= 0.3 is 12.3 Å². The Balaban J connectivity index is 1.71. The monoisotopic (exact) mass is 447 g/mol. The van der Waals surface area contributed by atoms with Gasteiger partial charge in [-0.1, -0.05) is 29.9 Å². The highest BCUT2D eigenvalue weighted by Crippen LogP contribution is 2.32. The van der Waals surface area contributed by atoms with Crippen molar-refractivity contribution in [3.63, 3.8) is 0 Å². The van der Waals surface area contributed by atoms with E-state index in [0.29, 0.717) is 22.6 Å². The van der Waals surface area contributed by atoms with E-state index >= 15 is 0 Å². The van der Waals surface area contributed by atoms with Crippen LogP contribution in [-0.2, 0) is 11.4 Å². The second-order valence-corrected chi connectivity index (χ2v) is 7.09. The van der Waals surface area contributed by atoms with Gasteiger partial charge in [-0.15, -0.1) is 13.2 Å². The molecule has 0 amide bonds. The average molecular weight is 447 g/mol. The smallest absolute Gasteiger partial charge is 0.489 e. The molecule has 9 heteroatoms. The summed E-state index contributed by atoms with van der Waals surface area (Å²) in [5.74, 6) is -1.25. The van der Waals surface area contributed by atoms with Crippen molar-refractivity contribution in [2.45, 2.75) is 32.2 Å². The lowest BCUT2D eigenvalue weighted by molar-refractivity contribution is -0.274. The van der Waals surface area contributed by atoms with Gasteiger partial charge in [0.1, 0.15) is 24.4 Å². The third kappa shape index (κ3) is 6.13. The van der Waals surface area contributed by atoms with Gasteiger partial charge in [0.05, 0.1) is 12.1 Å². The minimum Gasteiger partial charge on any atom is -0.489 e. The molecule has 0 spiro atoms. The van der Waals surface area contributed by atoms with E-state index in [1.165, 1.54) is 24.5 Å². The van der Waals surface area contributed by atoms with Crippen LogP contribution in [0.2, 0.25) is 0 Å². The third-order valence-corrected chi connectivity index (χ3v) is 4.61. The number of hydrogen-bond acceptors (Lipinski definition) is 5. The molecule has 0 saturated heterocycles. The topological polar surface area (TPSA) is 81.8 Å². The van der Waals surface area contributed by atoms with Crippen LogP contribution in [-0.4, -0.2) is 22.6 Å². The van der Waals surface area contributed by atoms with E-state index in [9.17, 15) is 23.1 Å². The summed E-state index contributed by atoms with van der Waals surface area (Å²) in [6.45, 7) is 5.39. The van der Waals surface area contributed by atoms with Crippen LogP contribution in [0.1, 0.15) is 41.6 Å². The van der Waals surface area contributed by atoms with Crippen LogP contribution in [0.15, 0.2) is 65.9 Å².